The lowest BCUT2D eigenvalue weighted by molar-refractivity contribution is -0.0501. The van der Waals surface area contributed by atoms with Gasteiger partial charge in [0.25, 0.3) is 0 Å². The third-order valence-electron chi connectivity index (χ3n) is 2.38. The average molecular weight is 243 g/mol. The summed E-state index contributed by atoms with van der Waals surface area (Å²) in [5.74, 6) is -0.383. The van der Waals surface area contributed by atoms with Gasteiger partial charge >= 0.3 is 6.61 Å². The van der Waals surface area contributed by atoms with E-state index in [1.54, 1.807) is 6.07 Å². The second kappa shape index (κ2) is 6.30. The lowest BCUT2D eigenvalue weighted by Crippen LogP contribution is -2.23. The van der Waals surface area contributed by atoms with E-state index in [2.05, 4.69) is 4.74 Å². The summed E-state index contributed by atoms with van der Waals surface area (Å²) < 4.78 is 28.6. The average Bonchev–Trinajstić information content (AvgIpc) is 2.28. The number of nitrogens with two attached hydrogens (primary N) is 1. The van der Waals surface area contributed by atoms with Crippen molar-refractivity contribution in [1.82, 2.24) is 0 Å². The highest BCUT2D eigenvalue weighted by Crippen LogP contribution is 2.22. The number of rotatable bonds is 6. The molecule has 17 heavy (non-hydrogen) atoms. The van der Waals surface area contributed by atoms with Crippen molar-refractivity contribution in [1.29, 1.82) is 0 Å². The van der Waals surface area contributed by atoms with Crippen LogP contribution in [0.25, 0.3) is 0 Å². The first-order valence-electron chi connectivity index (χ1n) is 5.37. The van der Waals surface area contributed by atoms with Crippen molar-refractivity contribution < 1.29 is 18.3 Å². The van der Waals surface area contributed by atoms with Crippen molar-refractivity contribution in [3.63, 3.8) is 0 Å². The highest BCUT2D eigenvalue weighted by Gasteiger charge is 2.16. The largest absolute Gasteiger partial charge is 0.434 e. The Kier molecular flexibility index (Phi) is 5.03. The van der Waals surface area contributed by atoms with Crippen LogP contribution in [-0.4, -0.2) is 18.4 Å². The van der Waals surface area contributed by atoms with E-state index in [9.17, 15) is 13.6 Å². The normalized spacial score (nSPS) is 12.5. The topological polar surface area (TPSA) is 52.3 Å². The van der Waals surface area contributed by atoms with Gasteiger partial charge in [0.15, 0.2) is 5.78 Å². The van der Waals surface area contributed by atoms with Crippen LogP contribution in [0.1, 0.15) is 30.1 Å². The van der Waals surface area contributed by atoms with E-state index >= 15 is 0 Å². The van der Waals surface area contributed by atoms with Gasteiger partial charge in [-0.05, 0) is 18.6 Å². The summed E-state index contributed by atoms with van der Waals surface area (Å²) in [7, 11) is 0. The van der Waals surface area contributed by atoms with Gasteiger partial charge in [0.1, 0.15) is 5.75 Å². The van der Waals surface area contributed by atoms with Gasteiger partial charge in [0.2, 0.25) is 0 Å². The summed E-state index contributed by atoms with van der Waals surface area (Å²) in [5, 5.41) is 0. The molecular formula is C12H15F2NO2. The Hall–Kier alpha value is -1.49. The fourth-order valence-corrected chi connectivity index (χ4v) is 1.39. The molecule has 0 saturated carbocycles. The van der Waals surface area contributed by atoms with Crippen LogP contribution in [0, 0.1) is 0 Å². The van der Waals surface area contributed by atoms with Gasteiger partial charge in [-0.1, -0.05) is 19.1 Å². The summed E-state index contributed by atoms with van der Waals surface area (Å²) in [6.45, 7) is -1.08. The van der Waals surface area contributed by atoms with Crippen LogP contribution in [0.3, 0.4) is 0 Å². The van der Waals surface area contributed by atoms with Crippen molar-refractivity contribution in [3.05, 3.63) is 29.8 Å². The quantitative estimate of drug-likeness (QED) is 0.781. The van der Waals surface area contributed by atoms with Crippen molar-refractivity contribution >= 4 is 5.78 Å². The molecule has 0 aliphatic heterocycles. The first-order valence-corrected chi connectivity index (χ1v) is 5.37. The van der Waals surface area contributed by atoms with Crippen LogP contribution < -0.4 is 10.5 Å². The van der Waals surface area contributed by atoms with E-state index in [4.69, 9.17) is 5.73 Å². The number of carbonyl (C=O) groups excluding carboxylic acids is 1. The predicted molar refractivity (Wildman–Crippen MR) is 60.3 cm³/mol. The molecule has 0 bridgehead atoms. The van der Waals surface area contributed by atoms with Crippen LogP contribution >= 0.6 is 0 Å². The molecule has 5 heteroatoms. The molecule has 0 saturated heterocycles. The van der Waals surface area contributed by atoms with Crippen LogP contribution in [0.5, 0.6) is 5.75 Å². The molecule has 1 unspecified atom stereocenters. The molecule has 94 valence electrons. The lowest BCUT2D eigenvalue weighted by atomic mass is 10.0. The first kappa shape index (κ1) is 13.6. The van der Waals surface area contributed by atoms with Gasteiger partial charge in [0, 0.05) is 12.5 Å². The summed E-state index contributed by atoms with van der Waals surface area (Å²) in [4.78, 5) is 11.8. The zero-order chi connectivity index (χ0) is 12.8. The number of hydrogen-bond acceptors (Lipinski definition) is 3. The molecular weight excluding hydrogens is 228 g/mol. The Morgan fingerprint density at radius 1 is 1.41 bits per heavy atom. The van der Waals surface area contributed by atoms with Gasteiger partial charge in [-0.3, -0.25) is 4.79 Å². The minimum absolute atomic E-state index is 0.101. The summed E-state index contributed by atoms with van der Waals surface area (Å²) >= 11 is 0. The van der Waals surface area contributed by atoms with E-state index in [1.165, 1.54) is 18.2 Å². The number of carbonyl (C=O) groups is 1. The lowest BCUT2D eigenvalue weighted by Gasteiger charge is -2.11. The van der Waals surface area contributed by atoms with Crippen LogP contribution in [0.2, 0.25) is 0 Å². The molecule has 0 fully saturated rings. The second-order valence-corrected chi connectivity index (χ2v) is 3.67. The molecule has 0 amide bonds. The highest BCUT2D eigenvalue weighted by molar-refractivity contribution is 5.98. The van der Waals surface area contributed by atoms with Crippen molar-refractivity contribution in [2.75, 3.05) is 0 Å². The number of halogens is 2. The molecule has 1 atom stereocenters. The number of ketones is 1. The molecule has 1 aromatic rings. The van der Waals surface area contributed by atoms with Crippen molar-refractivity contribution in [2.45, 2.75) is 32.4 Å². The van der Waals surface area contributed by atoms with E-state index in [1.807, 2.05) is 6.92 Å². The fraction of sp³-hybridized carbons (Fsp3) is 0.417. The molecule has 0 aliphatic carbocycles. The van der Waals surface area contributed by atoms with Crippen LogP contribution in [-0.2, 0) is 0 Å². The molecule has 0 heterocycles. The van der Waals surface area contributed by atoms with Gasteiger partial charge in [-0.2, -0.15) is 8.78 Å². The molecule has 3 nitrogen and oxygen atoms in total. The predicted octanol–water partition coefficient (Wildman–Crippen LogP) is 2.60. The Bertz CT molecular complexity index is 383. The molecule has 2 N–H and O–H groups in total. The molecule has 0 spiro atoms. The third kappa shape index (κ3) is 4.11. The molecule has 0 radical (unpaired) electrons. The fourth-order valence-electron chi connectivity index (χ4n) is 1.39. The van der Waals surface area contributed by atoms with Crippen molar-refractivity contribution in [2.24, 2.45) is 5.73 Å². The van der Waals surface area contributed by atoms with Crippen molar-refractivity contribution in [3.8, 4) is 5.75 Å². The maximum Gasteiger partial charge on any atom is 0.387 e. The number of hydrogen-bond donors (Lipinski definition) is 1. The van der Waals surface area contributed by atoms with E-state index in [-0.39, 0.29) is 29.6 Å². The number of alkyl halides is 2. The standard InChI is InChI=1S/C12H15F2NO2/c1-2-8(15)7-10(16)9-5-3-4-6-11(9)17-12(13)14/h3-6,8,12H,2,7,15H2,1H3. The summed E-state index contributed by atoms with van der Waals surface area (Å²) in [6, 6.07) is 5.68. The Morgan fingerprint density at radius 3 is 2.65 bits per heavy atom. The van der Waals surface area contributed by atoms with Gasteiger partial charge < -0.3 is 10.5 Å². The van der Waals surface area contributed by atoms with Gasteiger partial charge in [-0.25, -0.2) is 0 Å². The minimum Gasteiger partial charge on any atom is -0.434 e. The van der Waals surface area contributed by atoms with Crippen LogP contribution in [0.4, 0.5) is 8.78 Å². The Balaban J connectivity index is 2.85. The SMILES string of the molecule is CCC(N)CC(=O)c1ccccc1OC(F)F. The minimum atomic E-state index is -2.94. The molecule has 0 aromatic heterocycles. The molecule has 1 rings (SSSR count). The Morgan fingerprint density at radius 2 is 2.06 bits per heavy atom. The molecule has 0 aliphatic rings. The monoisotopic (exact) mass is 243 g/mol. The zero-order valence-electron chi connectivity index (χ0n) is 9.53. The van der Waals surface area contributed by atoms with Gasteiger partial charge in [-0.15, -0.1) is 0 Å². The third-order valence-corrected chi connectivity index (χ3v) is 2.38. The second-order valence-electron chi connectivity index (χ2n) is 3.67. The number of Topliss-reactive ketones (excluding diaryl/α,β-unsaturated/α-hetero) is 1. The van der Waals surface area contributed by atoms with E-state index in [0.29, 0.717) is 6.42 Å². The zero-order valence-corrected chi connectivity index (χ0v) is 9.53. The number of benzene rings is 1. The maximum atomic E-state index is 12.1. The number of para-hydroxylation sites is 1. The maximum absolute atomic E-state index is 12.1. The van der Waals surface area contributed by atoms with E-state index < -0.39 is 6.61 Å². The van der Waals surface area contributed by atoms with Crippen LogP contribution in [0.15, 0.2) is 24.3 Å². The van der Waals surface area contributed by atoms with Gasteiger partial charge in [0.05, 0.1) is 5.56 Å². The number of ether oxygens (including phenoxy) is 1. The summed E-state index contributed by atoms with van der Waals surface area (Å²) in [6.07, 6.45) is 0.781. The van der Waals surface area contributed by atoms with E-state index in [0.717, 1.165) is 0 Å². The summed E-state index contributed by atoms with van der Waals surface area (Å²) in [5.41, 5.74) is 5.80. The smallest absolute Gasteiger partial charge is 0.387 e. The Labute approximate surface area is 98.6 Å². The first-order chi connectivity index (χ1) is 8.04. The highest BCUT2D eigenvalue weighted by atomic mass is 19.3. The molecule has 1 aromatic carbocycles.